The lowest BCUT2D eigenvalue weighted by atomic mass is 9.88. The van der Waals surface area contributed by atoms with E-state index in [1.807, 2.05) is 13.8 Å². The third-order valence-electron chi connectivity index (χ3n) is 4.30. The summed E-state index contributed by atoms with van der Waals surface area (Å²) in [7, 11) is 2.10. The number of halogens is 2. The molecule has 1 atom stereocenters. The van der Waals surface area contributed by atoms with Gasteiger partial charge in [0, 0.05) is 38.6 Å². The van der Waals surface area contributed by atoms with Gasteiger partial charge in [0.25, 0.3) is 0 Å². The first-order chi connectivity index (χ1) is 10.4. The van der Waals surface area contributed by atoms with Crippen molar-refractivity contribution in [1.29, 1.82) is 0 Å². The Kier molecular flexibility index (Phi) is 5.95. The Morgan fingerprint density at radius 2 is 1.91 bits per heavy atom. The Hall–Kier alpha value is -0.970. The van der Waals surface area contributed by atoms with Gasteiger partial charge in [0.05, 0.1) is 10.9 Å². The molecule has 122 valence electrons. The Labute approximate surface area is 137 Å². The highest BCUT2D eigenvalue weighted by Gasteiger charge is 2.27. The molecule has 0 radical (unpaired) electrons. The van der Waals surface area contributed by atoms with Gasteiger partial charge in [-0.05, 0) is 24.7 Å². The van der Waals surface area contributed by atoms with Gasteiger partial charge in [-0.2, -0.15) is 0 Å². The normalized spacial score (nSPS) is 18.6. The number of piperazine rings is 1. The van der Waals surface area contributed by atoms with Crippen LogP contribution in [-0.4, -0.2) is 55.4 Å². The van der Waals surface area contributed by atoms with E-state index in [0.29, 0.717) is 6.54 Å². The number of rotatable bonds is 5. The van der Waals surface area contributed by atoms with E-state index in [1.54, 1.807) is 6.07 Å². The van der Waals surface area contributed by atoms with Crippen LogP contribution in [0.3, 0.4) is 0 Å². The van der Waals surface area contributed by atoms with Crippen molar-refractivity contribution in [3.8, 4) is 0 Å². The summed E-state index contributed by atoms with van der Waals surface area (Å²) in [4.78, 5) is 17.1. The van der Waals surface area contributed by atoms with E-state index >= 15 is 0 Å². The lowest BCUT2D eigenvalue weighted by Crippen LogP contribution is -2.46. The first-order valence-corrected chi connectivity index (χ1v) is 8.16. The second-order valence-corrected chi connectivity index (χ2v) is 6.79. The number of Topliss-reactive ketones (excluding diaryl/α,β-unsaturated/α-hetero) is 1. The van der Waals surface area contributed by atoms with Gasteiger partial charge in [-0.1, -0.05) is 31.5 Å². The van der Waals surface area contributed by atoms with E-state index in [2.05, 4.69) is 16.8 Å². The van der Waals surface area contributed by atoms with Gasteiger partial charge >= 0.3 is 0 Å². The summed E-state index contributed by atoms with van der Waals surface area (Å²) in [6.07, 6.45) is 0. The topological polar surface area (TPSA) is 23.6 Å². The smallest absolute Gasteiger partial charge is 0.144 e. The number of hydrogen-bond acceptors (Lipinski definition) is 3. The largest absolute Gasteiger partial charge is 0.304 e. The van der Waals surface area contributed by atoms with Crippen LogP contribution in [0.1, 0.15) is 25.3 Å². The molecular weight excluding hydrogens is 303 g/mol. The standard InChI is InChI=1S/C17H24ClFN2O/c1-12(2)17(22)14(11-21-8-6-20(3)7-9-21)13-4-5-15(18)16(19)10-13/h4-5,10,12,14H,6-9,11H2,1-3H3/t14-/m1/s1. The molecule has 0 aliphatic carbocycles. The average Bonchev–Trinajstić information content (AvgIpc) is 2.49. The Morgan fingerprint density at radius 1 is 1.27 bits per heavy atom. The summed E-state index contributed by atoms with van der Waals surface area (Å²) >= 11 is 5.76. The zero-order valence-electron chi connectivity index (χ0n) is 13.5. The fourth-order valence-electron chi connectivity index (χ4n) is 2.78. The molecule has 0 N–H and O–H groups in total. The highest BCUT2D eigenvalue weighted by atomic mass is 35.5. The molecule has 1 aliphatic heterocycles. The molecule has 1 saturated heterocycles. The Bertz CT molecular complexity index is 527. The zero-order valence-corrected chi connectivity index (χ0v) is 14.2. The minimum Gasteiger partial charge on any atom is -0.304 e. The fourth-order valence-corrected chi connectivity index (χ4v) is 2.90. The molecule has 22 heavy (non-hydrogen) atoms. The summed E-state index contributed by atoms with van der Waals surface area (Å²) in [5.74, 6) is -0.675. The lowest BCUT2D eigenvalue weighted by molar-refractivity contribution is -0.124. The minimum absolute atomic E-state index is 0.0730. The summed E-state index contributed by atoms with van der Waals surface area (Å²) in [5.41, 5.74) is 0.722. The number of carbonyl (C=O) groups is 1. The van der Waals surface area contributed by atoms with Crippen LogP contribution in [0.4, 0.5) is 4.39 Å². The fraction of sp³-hybridized carbons (Fsp3) is 0.588. The molecule has 1 aliphatic rings. The maximum Gasteiger partial charge on any atom is 0.144 e. The number of carbonyl (C=O) groups excluding carboxylic acids is 1. The predicted molar refractivity (Wildman–Crippen MR) is 87.9 cm³/mol. The van der Waals surface area contributed by atoms with E-state index in [1.165, 1.54) is 12.1 Å². The zero-order chi connectivity index (χ0) is 16.3. The van der Waals surface area contributed by atoms with Crippen molar-refractivity contribution in [2.75, 3.05) is 39.8 Å². The Morgan fingerprint density at radius 3 is 2.45 bits per heavy atom. The second-order valence-electron chi connectivity index (χ2n) is 6.39. The Balaban J connectivity index is 2.19. The first kappa shape index (κ1) is 17.4. The number of nitrogens with zero attached hydrogens (tertiary/aromatic N) is 2. The molecule has 0 spiro atoms. The van der Waals surface area contributed by atoms with Gasteiger partial charge in [-0.15, -0.1) is 0 Å². The van der Waals surface area contributed by atoms with Crippen LogP contribution in [0.15, 0.2) is 18.2 Å². The lowest BCUT2D eigenvalue weighted by Gasteiger charge is -2.34. The molecule has 1 aromatic carbocycles. The van der Waals surface area contributed by atoms with Gasteiger partial charge in [-0.3, -0.25) is 9.69 Å². The van der Waals surface area contributed by atoms with E-state index in [-0.39, 0.29) is 22.6 Å². The number of benzene rings is 1. The molecule has 1 fully saturated rings. The van der Waals surface area contributed by atoms with Crippen molar-refractivity contribution < 1.29 is 9.18 Å². The maximum atomic E-state index is 13.8. The second kappa shape index (κ2) is 7.53. The van der Waals surface area contributed by atoms with Gasteiger partial charge < -0.3 is 4.90 Å². The van der Waals surface area contributed by atoms with Crippen molar-refractivity contribution in [3.05, 3.63) is 34.6 Å². The predicted octanol–water partition coefficient (Wildman–Crippen LogP) is 3.04. The van der Waals surface area contributed by atoms with Gasteiger partial charge in [0.2, 0.25) is 0 Å². The first-order valence-electron chi connectivity index (χ1n) is 7.78. The van der Waals surface area contributed by atoms with Crippen LogP contribution >= 0.6 is 11.6 Å². The van der Waals surface area contributed by atoms with Crippen molar-refractivity contribution >= 4 is 17.4 Å². The summed E-state index contributed by atoms with van der Waals surface area (Å²) in [6, 6.07) is 4.71. The van der Waals surface area contributed by atoms with E-state index < -0.39 is 5.82 Å². The molecule has 0 unspecified atom stereocenters. The van der Waals surface area contributed by atoms with Crippen molar-refractivity contribution in [1.82, 2.24) is 9.80 Å². The van der Waals surface area contributed by atoms with Crippen LogP contribution in [0, 0.1) is 11.7 Å². The molecule has 0 bridgehead atoms. The summed E-state index contributed by atoms with van der Waals surface area (Å²) in [6.45, 7) is 8.31. The van der Waals surface area contributed by atoms with Crippen molar-refractivity contribution in [2.45, 2.75) is 19.8 Å². The number of ketones is 1. The SMILES string of the molecule is CC(C)C(=O)[C@H](CN1CCN(C)CC1)c1ccc(Cl)c(F)c1. The summed E-state index contributed by atoms with van der Waals surface area (Å²) < 4.78 is 13.8. The van der Waals surface area contributed by atoms with Crippen LogP contribution in [-0.2, 0) is 4.79 Å². The van der Waals surface area contributed by atoms with Gasteiger partial charge in [0.1, 0.15) is 11.6 Å². The van der Waals surface area contributed by atoms with E-state index in [4.69, 9.17) is 11.6 Å². The number of likely N-dealkylation sites (N-methyl/N-ethyl adjacent to an activating group) is 1. The molecular formula is C17H24ClFN2O. The molecule has 1 heterocycles. The average molecular weight is 327 g/mol. The molecule has 0 amide bonds. The number of hydrogen-bond donors (Lipinski definition) is 0. The van der Waals surface area contributed by atoms with E-state index in [0.717, 1.165) is 31.7 Å². The van der Waals surface area contributed by atoms with Crippen molar-refractivity contribution in [3.63, 3.8) is 0 Å². The van der Waals surface area contributed by atoms with Crippen LogP contribution < -0.4 is 0 Å². The molecule has 1 aromatic rings. The highest BCUT2D eigenvalue weighted by molar-refractivity contribution is 6.30. The minimum atomic E-state index is -0.459. The monoisotopic (exact) mass is 326 g/mol. The third-order valence-corrected chi connectivity index (χ3v) is 4.60. The molecule has 3 nitrogen and oxygen atoms in total. The highest BCUT2D eigenvalue weighted by Crippen LogP contribution is 2.26. The molecule has 2 rings (SSSR count). The summed E-state index contributed by atoms with van der Waals surface area (Å²) in [5, 5.41) is 0.0964. The quantitative estimate of drug-likeness (QED) is 0.831. The van der Waals surface area contributed by atoms with Crippen molar-refractivity contribution in [2.24, 2.45) is 5.92 Å². The van der Waals surface area contributed by atoms with Gasteiger partial charge in [0.15, 0.2) is 0 Å². The van der Waals surface area contributed by atoms with Crippen LogP contribution in [0.5, 0.6) is 0 Å². The van der Waals surface area contributed by atoms with E-state index in [9.17, 15) is 9.18 Å². The van der Waals surface area contributed by atoms with Crippen LogP contribution in [0.25, 0.3) is 0 Å². The van der Waals surface area contributed by atoms with Crippen LogP contribution in [0.2, 0.25) is 5.02 Å². The third kappa shape index (κ3) is 4.28. The van der Waals surface area contributed by atoms with Gasteiger partial charge in [-0.25, -0.2) is 4.39 Å². The maximum absolute atomic E-state index is 13.8. The molecule has 0 aromatic heterocycles. The molecule has 0 saturated carbocycles. The molecule has 5 heteroatoms.